The first-order valence-corrected chi connectivity index (χ1v) is 7.83. The van der Waals surface area contributed by atoms with E-state index in [1.54, 1.807) is 0 Å². The highest BCUT2D eigenvalue weighted by molar-refractivity contribution is 5.48. The van der Waals surface area contributed by atoms with Gasteiger partial charge in [-0.05, 0) is 32.1 Å². The number of rotatable bonds is 5. The maximum Gasteiger partial charge on any atom is 0.136 e. The maximum absolute atomic E-state index is 5.57. The van der Waals surface area contributed by atoms with Crippen molar-refractivity contribution in [2.24, 2.45) is 0 Å². The van der Waals surface area contributed by atoms with Crippen molar-refractivity contribution in [3.05, 3.63) is 17.1 Å². The Morgan fingerprint density at radius 2 is 2.15 bits per heavy atom. The summed E-state index contributed by atoms with van der Waals surface area (Å²) in [6.07, 6.45) is 3.34. The molecular weight excluding hydrogens is 250 g/mol. The van der Waals surface area contributed by atoms with Crippen LogP contribution >= 0.6 is 0 Å². The predicted octanol–water partition coefficient (Wildman–Crippen LogP) is 3.62. The molecule has 1 N–H and O–H groups in total. The minimum atomic E-state index is 0.353. The molecule has 0 aliphatic carbocycles. The Balaban J connectivity index is 2.31. The molecule has 20 heavy (non-hydrogen) atoms. The minimum absolute atomic E-state index is 0.353. The Morgan fingerprint density at radius 1 is 1.35 bits per heavy atom. The quantitative estimate of drug-likeness (QED) is 0.893. The average Bonchev–Trinajstić information content (AvgIpc) is 2.45. The van der Waals surface area contributed by atoms with Gasteiger partial charge in [0, 0.05) is 30.3 Å². The summed E-state index contributed by atoms with van der Waals surface area (Å²) in [6, 6.07) is 0. The Hall–Kier alpha value is -1.16. The van der Waals surface area contributed by atoms with Crippen molar-refractivity contribution in [1.29, 1.82) is 0 Å². The fourth-order valence-corrected chi connectivity index (χ4v) is 2.80. The topological polar surface area (TPSA) is 47.0 Å². The Bertz CT molecular complexity index is 440. The summed E-state index contributed by atoms with van der Waals surface area (Å²) in [7, 11) is 0. The molecule has 1 aliphatic heterocycles. The van der Waals surface area contributed by atoms with Gasteiger partial charge in [-0.15, -0.1) is 0 Å². The van der Waals surface area contributed by atoms with E-state index in [9.17, 15) is 0 Å². The molecule has 1 fully saturated rings. The number of nitrogens with zero attached hydrogens (tertiary/aromatic N) is 2. The summed E-state index contributed by atoms with van der Waals surface area (Å²) in [5.74, 6) is 2.76. The van der Waals surface area contributed by atoms with Crippen molar-refractivity contribution in [3.8, 4) is 0 Å². The number of nitrogens with one attached hydrogen (secondary N) is 1. The van der Waals surface area contributed by atoms with Gasteiger partial charge >= 0.3 is 0 Å². The largest absolute Gasteiger partial charge is 0.381 e. The third kappa shape index (κ3) is 3.48. The summed E-state index contributed by atoms with van der Waals surface area (Å²) in [5, 5.41) is 3.47. The number of anilines is 1. The normalized spacial score (nSPS) is 19.4. The third-order valence-electron chi connectivity index (χ3n) is 3.80. The van der Waals surface area contributed by atoms with Gasteiger partial charge in [0.1, 0.15) is 11.6 Å². The molecule has 2 heterocycles. The van der Waals surface area contributed by atoms with Crippen molar-refractivity contribution < 1.29 is 4.74 Å². The second kappa shape index (κ2) is 7.02. The molecule has 0 saturated carbocycles. The molecule has 1 aliphatic rings. The lowest BCUT2D eigenvalue weighted by atomic mass is 9.98. The molecule has 1 unspecified atom stereocenters. The third-order valence-corrected chi connectivity index (χ3v) is 3.80. The van der Waals surface area contributed by atoms with E-state index in [0.29, 0.717) is 11.8 Å². The fraction of sp³-hybridized carbons (Fsp3) is 0.750. The zero-order valence-electron chi connectivity index (χ0n) is 13.2. The SMILES string of the molecule is CCCNc1nc(C2CCCOC2)nc(C)c1C(C)C. The lowest BCUT2D eigenvalue weighted by Gasteiger charge is -2.23. The second-order valence-electron chi connectivity index (χ2n) is 5.93. The van der Waals surface area contributed by atoms with Crippen molar-refractivity contribution >= 4 is 5.82 Å². The number of hydrogen-bond acceptors (Lipinski definition) is 4. The van der Waals surface area contributed by atoms with E-state index in [1.165, 1.54) is 5.56 Å². The first-order chi connectivity index (χ1) is 9.63. The van der Waals surface area contributed by atoms with E-state index in [0.717, 1.165) is 56.4 Å². The molecule has 0 bridgehead atoms. The van der Waals surface area contributed by atoms with Gasteiger partial charge in [-0.1, -0.05) is 20.8 Å². The zero-order chi connectivity index (χ0) is 14.5. The highest BCUT2D eigenvalue weighted by Crippen LogP contribution is 2.29. The van der Waals surface area contributed by atoms with Crippen LogP contribution in [0.25, 0.3) is 0 Å². The van der Waals surface area contributed by atoms with E-state index in [4.69, 9.17) is 14.7 Å². The fourth-order valence-electron chi connectivity index (χ4n) is 2.80. The molecule has 1 saturated heterocycles. The van der Waals surface area contributed by atoms with Crippen LogP contribution in [-0.4, -0.2) is 29.7 Å². The summed E-state index contributed by atoms with van der Waals surface area (Å²) in [4.78, 5) is 9.57. The van der Waals surface area contributed by atoms with E-state index in [2.05, 4.69) is 33.0 Å². The summed E-state index contributed by atoms with van der Waals surface area (Å²) in [6.45, 7) is 11.3. The minimum Gasteiger partial charge on any atom is -0.381 e. The van der Waals surface area contributed by atoms with Gasteiger partial charge in [0.15, 0.2) is 0 Å². The molecule has 0 aromatic carbocycles. The van der Waals surface area contributed by atoms with E-state index in [-0.39, 0.29) is 0 Å². The van der Waals surface area contributed by atoms with Crippen molar-refractivity contribution in [3.63, 3.8) is 0 Å². The Labute approximate surface area is 122 Å². The molecule has 1 aromatic heterocycles. The van der Waals surface area contributed by atoms with Crippen molar-refractivity contribution in [1.82, 2.24) is 9.97 Å². The van der Waals surface area contributed by atoms with E-state index in [1.807, 2.05) is 0 Å². The van der Waals surface area contributed by atoms with Gasteiger partial charge < -0.3 is 10.1 Å². The van der Waals surface area contributed by atoms with Gasteiger partial charge in [-0.3, -0.25) is 0 Å². The number of aromatic nitrogens is 2. The van der Waals surface area contributed by atoms with Gasteiger partial charge in [0.2, 0.25) is 0 Å². The average molecular weight is 277 g/mol. The van der Waals surface area contributed by atoms with Gasteiger partial charge in [0.25, 0.3) is 0 Å². The summed E-state index contributed by atoms with van der Waals surface area (Å²) < 4.78 is 5.57. The van der Waals surface area contributed by atoms with Crippen LogP contribution < -0.4 is 5.32 Å². The molecule has 1 atom stereocenters. The van der Waals surface area contributed by atoms with Crippen molar-refractivity contribution in [2.45, 2.75) is 58.8 Å². The first kappa shape index (κ1) is 15.2. The van der Waals surface area contributed by atoms with Crippen LogP contribution in [0.5, 0.6) is 0 Å². The predicted molar refractivity (Wildman–Crippen MR) is 82.4 cm³/mol. The Kier molecular flexibility index (Phi) is 5.35. The van der Waals surface area contributed by atoms with Gasteiger partial charge in [-0.2, -0.15) is 0 Å². The molecule has 112 valence electrons. The monoisotopic (exact) mass is 277 g/mol. The lowest BCUT2D eigenvalue weighted by molar-refractivity contribution is 0.0780. The molecular formula is C16H27N3O. The van der Waals surface area contributed by atoms with Crippen LogP contribution in [0.4, 0.5) is 5.82 Å². The van der Waals surface area contributed by atoms with Crippen LogP contribution in [-0.2, 0) is 4.74 Å². The molecule has 1 aromatic rings. The number of ether oxygens (including phenoxy) is 1. The molecule has 0 amide bonds. The second-order valence-corrected chi connectivity index (χ2v) is 5.93. The van der Waals surface area contributed by atoms with Crippen LogP contribution in [0.15, 0.2) is 0 Å². The molecule has 0 radical (unpaired) electrons. The molecule has 2 rings (SSSR count). The van der Waals surface area contributed by atoms with Gasteiger partial charge in [0.05, 0.1) is 6.61 Å². The van der Waals surface area contributed by atoms with Crippen LogP contribution in [0.1, 0.15) is 69.0 Å². The number of aryl methyl sites for hydroxylation is 1. The van der Waals surface area contributed by atoms with E-state index < -0.39 is 0 Å². The highest BCUT2D eigenvalue weighted by Gasteiger charge is 2.22. The molecule has 4 heteroatoms. The number of hydrogen-bond donors (Lipinski definition) is 1. The van der Waals surface area contributed by atoms with E-state index >= 15 is 0 Å². The van der Waals surface area contributed by atoms with Crippen LogP contribution in [0.3, 0.4) is 0 Å². The maximum atomic E-state index is 5.57. The van der Waals surface area contributed by atoms with Crippen LogP contribution in [0, 0.1) is 6.92 Å². The standard InChI is InChI=1S/C16H27N3O/c1-5-8-17-16-14(11(2)3)12(4)18-15(19-16)13-7-6-9-20-10-13/h11,13H,5-10H2,1-4H3,(H,17,18,19). The highest BCUT2D eigenvalue weighted by atomic mass is 16.5. The van der Waals surface area contributed by atoms with Gasteiger partial charge in [-0.25, -0.2) is 9.97 Å². The smallest absolute Gasteiger partial charge is 0.136 e. The zero-order valence-corrected chi connectivity index (χ0v) is 13.2. The summed E-state index contributed by atoms with van der Waals surface area (Å²) in [5.41, 5.74) is 2.35. The summed E-state index contributed by atoms with van der Waals surface area (Å²) >= 11 is 0. The van der Waals surface area contributed by atoms with Crippen molar-refractivity contribution in [2.75, 3.05) is 25.1 Å². The first-order valence-electron chi connectivity index (χ1n) is 7.83. The lowest BCUT2D eigenvalue weighted by Crippen LogP contribution is -2.20. The van der Waals surface area contributed by atoms with Crippen LogP contribution in [0.2, 0.25) is 0 Å². The Morgan fingerprint density at radius 3 is 2.75 bits per heavy atom. The molecule has 0 spiro atoms. The molecule has 4 nitrogen and oxygen atoms in total.